The number of aliphatic hydroxyl groups is 1. The van der Waals surface area contributed by atoms with Gasteiger partial charge in [0, 0.05) is 0 Å². The summed E-state index contributed by atoms with van der Waals surface area (Å²) in [5.74, 6) is -2.47. The first kappa shape index (κ1) is 9.98. The van der Waals surface area contributed by atoms with Crippen LogP contribution in [0.1, 0.15) is 13.8 Å². The van der Waals surface area contributed by atoms with Gasteiger partial charge >= 0.3 is 5.97 Å². The Labute approximate surface area is 75.7 Å². The Morgan fingerprint density at radius 1 is 1.54 bits per heavy atom. The SMILES string of the molecule is CC(C(=O)O)[C@H]1NC(=O)[C@@H]1[C@H](C)O. The highest BCUT2D eigenvalue weighted by atomic mass is 16.4. The number of nitrogens with one attached hydrogen (secondary N) is 1. The molecule has 74 valence electrons. The highest BCUT2D eigenvalue weighted by Gasteiger charge is 2.47. The van der Waals surface area contributed by atoms with Crippen molar-refractivity contribution in [2.45, 2.75) is 26.0 Å². The van der Waals surface area contributed by atoms with Gasteiger partial charge < -0.3 is 15.5 Å². The summed E-state index contributed by atoms with van der Waals surface area (Å²) in [5, 5.41) is 20.3. The van der Waals surface area contributed by atoms with Gasteiger partial charge in [-0.25, -0.2) is 0 Å². The van der Waals surface area contributed by atoms with E-state index in [-0.39, 0.29) is 5.91 Å². The maximum absolute atomic E-state index is 10.9. The van der Waals surface area contributed by atoms with Gasteiger partial charge in [-0.2, -0.15) is 0 Å². The van der Waals surface area contributed by atoms with E-state index in [0.717, 1.165) is 0 Å². The minimum absolute atomic E-state index is 0.270. The number of rotatable bonds is 3. The van der Waals surface area contributed by atoms with Gasteiger partial charge in [-0.15, -0.1) is 0 Å². The number of carbonyl (C=O) groups is 2. The molecule has 1 amide bonds. The molecule has 1 saturated heterocycles. The van der Waals surface area contributed by atoms with Crippen molar-refractivity contribution < 1.29 is 19.8 Å². The summed E-state index contributed by atoms with van der Waals surface area (Å²) in [7, 11) is 0. The monoisotopic (exact) mass is 187 g/mol. The van der Waals surface area contributed by atoms with E-state index in [4.69, 9.17) is 5.11 Å². The molecule has 1 unspecified atom stereocenters. The zero-order valence-corrected chi connectivity index (χ0v) is 7.52. The van der Waals surface area contributed by atoms with E-state index < -0.39 is 30.0 Å². The molecule has 4 atom stereocenters. The molecule has 13 heavy (non-hydrogen) atoms. The fourth-order valence-corrected chi connectivity index (χ4v) is 1.53. The number of carboxylic acid groups (broad SMARTS) is 1. The largest absolute Gasteiger partial charge is 0.481 e. The van der Waals surface area contributed by atoms with Crippen molar-refractivity contribution >= 4 is 11.9 Å². The van der Waals surface area contributed by atoms with Gasteiger partial charge in [0.1, 0.15) is 0 Å². The van der Waals surface area contributed by atoms with E-state index in [1.807, 2.05) is 0 Å². The molecular formula is C8H13NO4. The van der Waals surface area contributed by atoms with Crippen LogP contribution < -0.4 is 5.32 Å². The van der Waals surface area contributed by atoms with Crippen LogP contribution in [0.15, 0.2) is 0 Å². The van der Waals surface area contributed by atoms with Crippen molar-refractivity contribution in [3.63, 3.8) is 0 Å². The summed E-state index contributed by atoms with van der Waals surface area (Å²) in [5.41, 5.74) is 0. The van der Waals surface area contributed by atoms with Crippen LogP contribution >= 0.6 is 0 Å². The van der Waals surface area contributed by atoms with Crippen LogP contribution in [0.3, 0.4) is 0 Å². The lowest BCUT2D eigenvalue weighted by Gasteiger charge is -2.40. The van der Waals surface area contributed by atoms with E-state index in [0.29, 0.717) is 0 Å². The first-order valence-corrected chi connectivity index (χ1v) is 4.16. The molecular weight excluding hydrogens is 174 g/mol. The molecule has 0 aliphatic carbocycles. The molecule has 0 aromatic heterocycles. The molecule has 1 aliphatic rings. The highest BCUT2D eigenvalue weighted by molar-refractivity contribution is 5.88. The molecule has 0 aromatic carbocycles. The number of aliphatic hydroxyl groups excluding tert-OH is 1. The summed E-state index contributed by atoms with van der Waals surface area (Å²) in [6.45, 7) is 3.01. The second-order valence-electron chi connectivity index (χ2n) is 3.43. The molecule has 3 N–H and O–H groups in total. The van der Waals surface area contributed by atoms with Crippen molar-refractivity contribution in [1.29, 1.82) is 0 Å². The molecule has 1 aliphatic heterocycles. The van der Waals surface area contributed by atoms with Gasteiger partial charge in [-0.3, -0.25) is 9.59 Å². The Bertz CT molecular complexity index is 238. The number of hydrogen-bond acceptors (Lipinski definition) is 3. The second kappa shape index (κ2) is 3.33. The van der Waals surface area contributed by atoms with Crippen molar-refractivity contribution in [2.75, 3.05) is 0 Å². The van der Waals surface area contributed by atoms with Crippen molar-refractivity contribution in [3.8, 4) is 0 Å². The lowest BCUT2D eigenvalue weighted by Crippen LogP contribution is -2.65. The predicted octanol–water partition coefficient (Wildman–Crippen LogP) is -0.797. The van der Waals surface area contributed by atoms with E-state index >= 15 is 0 Å². The summed E-state index contributed by atoms with van der Waals surface area (Å²) in [6.07, 6.45) is -0.791. The number of β-lactam (4-membered cyclic amide) rings is 1. The van der Waals surface area contributed by atoms with Crippen LogP contribution in [-0.4, -0.2) is 34.2 Å². The molecule has 0 radical (unpaired) electrons. The van der Waals surface area contributed by atoms with Crippen molar-refractivity contribution in [2.24, 2.45) is 11.8 Å². The quantitative estimate of drug-likeness (QED) is 0.505. The maximum atomic E-state index is 10.9. The molecule has 0 saturated carbocycles. The number of carbonyl (C=O) groups excluding carboxylic acids is 1. The van der Waals surface area contributed by atoms with E-state index in [9.17, 15) is 14.7 Å². The number of carboxylic acids is 1. The molecule has 1 fully saturated rings. The molecule has 1 rings (SSSR count). The minimum Gasteiger partial charge on any atom is -0.481 e. The van der Waals surface area contributed by atoms with Crippen LogP contribution in [0.4, 0.5) is 0 Å². The third-order valence-electron chi connectivity index (χ3n) is 2.45. The average molecular weight is 187 g/mol. The normalized spacial score (nSPS) is 31.5. The fraction of sp³-hybridized carbons (Fsp3) is 0.750. The average Bonchev–Trinajstić information content (AvgIpc) is 1.97. The van der Waals surface area contributed by atoms with E-state index in [1.54, 1.807) is 0 Å². The Morgan fingerprint density at radius 2 is 2.08 bits per heavy atom. The van der Waals surface area contributed by atoms with Gasteiger partial charge in [0.15, 0.2) is 0 Å². The maximum Gasteiger partial charge on any atom is 0.308 e. The Kier molecular flexibility index (Phi) is 2.56. The molecule has 5 nitrogen and oxygen atoms in total. The van der Waals surface area contributed by atoms with Crippen LogP contribution in [0.5, 0.6) is 0 Å². The lowest BCUT2D eigenvalue weighted by molar-refractivity contribution is -0.151. The van der Waals surface area contributed by atoms with E-state index in [1.165, 1.54) is 13.8 Å². The second-order valence-corrected chi connectivity index (χ2v) is 3.43. The predicted molar refractivity (Wildman–Crippen MR) is 43.9 cm³/mol. The highest BCUT2D eigenvalue weighted by Crippen LogP contribution is 2.25. The third kappa shape index (κ3) is 1.65. The zero-order valence-electron chi connectivity index (χ0n) is 7.52. The summed E-state index contributed by atoms with van der Waals surface area (Å²) < 4.78 is 0. The lowest BCUT2D eigenvalue weighted by atomic mass is 9.79. The Hall–Kier alpha value is -1.10. The molecule has 0 bridgehead atoms. The first-order valence-electron chi connectivity index (χ1n) is 4.16. The third-order valence-corrected chi connectivity index (χ3v) is 2.45. The van der Waals surface area contributed by atoms with Crippen LogP contribution in [0.25, 0.3) is 0 Å². The zero-order chi connectivity index (χ0) is 10.2. The summed E-state index contributed by atoms with van der Waals surface area (Å²) in [6, 6.07) is -0.440. The number of hydrogen-bond donors (Lipinski definition) is 3. The first-order chi connectivity index (χ1) is 5.95. The topological polar surface area (TPSA) is 86.6 Å². The number of aliphatic carboxylic acids is 1. The fourth-order valence-electron chi connectivity index (χ4n) is 1.53. The van der Waals surface area contributed by atoms with E-state index in [2.05, 4.69) is 5.32 Å². The van der Waals surface area contributed by atoms with Crippen LogP contribution in [0.2, 0.25) is 0 Å². The van der Waals surface area contributed by atoms with Gasteiger partial charge in [0.2, 0.25) is 5.91 Å². The van der Waals surface area contributed by atoms with Gasteiger partial charge in [-0.05, 0) is 13.8 Å². The molecule has 1 heterocycles. The van der Waals surface area contributed by atoms with Gasteiger partial charge in [0.25, 0.3) is 0 Å². The summed E-state index contributed by atoms with van der Waals surface area (Å²) >= 11 is 0. The molecule has 5 heteroatoms. The minimum atomic E-state index is -0.962. The van der Waals surface area contributed by atoms with Gasteiger partial charge in [0.05, 0.1) is 24.0 Å². The number of amides is 1. The van der Waals surface area contributed by atoms with Crippen LogP contribution in [-0.2, 0) is 9.59 Å². The molecule has 0 aromatic rings. The van der Waals surface area contributed by atoms with Crippen molar-refractivity contribution in [3.05, 3.63) is 0 Å². The smallest absolute Gasteiger partial charge is 0.308 e. The van der Waals surface area contributed by atoms with Crippen molar-refractivity contribution in [1.82, 2.24) is 5.32 Å². The Morgan fingerprint density at radius 3 is 2.38 bits per heavy atom. The van der Waals surface area contributed by atoms with Gasteiger partial charge in [-0.1, -0.05) is 0 Å². The van der Waals surface area contributed by atoms with Crippen LogP contribution in [0, 0.1) is 11.8 Å². The standard InChI is InChI=1S/C8H13NO4/c1-3(8(12)13)6-5(4(2)10)7(11)9-6/h3-6,10H,1-2H3,(H,9,11)(H,12,13)/t3?,4-,5+,6+/m0/s1. The Balaban J connectivity index is 2.64. The molecule has 0 spiro atoms. The summed E-state index contributed by atoms with van der Waals surface area (Å²) in [4.78, 5) is 21.5.